The molecule has 1 atom stereocenters. The average Bonchev–Trinajstić information content (AvgIpc) is 2.48. The van der Waals surface area contributed by atoms with Crippen LogP contribution in [-0.2, 0) is 4.74 Å². The highest BCUT2D eigenvalue weighted by molar-refractivity contribution is 6.00. The number of anilines is 1. The van der Waals surface area contributed by atoms with Crippen molar-refractivity contribution in [3.63, 3.8) is 0 Å². The molecule has 1 N–H and O–H groups in total. The molecular weight excluding hydrogens is 262 g/mol. The summed E-state index contributed by atoms with van der Waals surface area (Å²) in [5.41, 5.74) is 0.787. The van der Waals surface area contributed by atoms with Gasteiger partial charge in [-0.25, -0.2) is 4.79 Å². The normalized spacial score (nSPS) is 12.4. The molecule has 0 spiro atoms. The van der Waals surface area contributed by atoms with Crippen LogP contribution in [-0.4, -0.2) is 12.2 Å². The zero-order valence-corrected chi connectivity index (χ0v) is 12.9. The van der Waals surface area contributed by atoms with Crippen LogP contribution in [0.3, 0.4) is 0 Å². The summed E-state index contributed by atoms with van der Waals surface area (Å²) < 4.78 is 5.50. The predicted octanol–water partition coefficient (Wildman–Crippen LogP) is 5.21. The highest BCUT2D eigenvalue weighted by Crippen LogP contribution is 2.23. The molecule has 1 amide bonds. The molecule has 0 saturated heterocycles. The molecule has 0 aliphatic heterocycles. The number of hydrogen-bond acceptors (Lipinski definition) is 2. The van der Waals surface area contributed by atoms with E-state index < -0.39 is 0 Å². The molecule has 0 aliphatic carbocycles. The number of nitrogens with one attached hydrogen (secondary N) is 1. The lowest BCUT2D eigenvalue weighted by atomic mass is 9.98. The smallest absolute Gasteiger partial charge is 0.411 e. The third-order valence-corrected chi connectivity index (χ3v) is 4.03. The summed E-state index contributed by atoms with van der Waals surface area (Å²) >= 11 is 0. The van der Waals surface area contributed by atoms with Crippen molar-refractivity contribution >= 4 is 22.6 Å². The van der Waals surface area contributed by atoms with Gasteiger partial charge in [0.25, 0.3) is 0 Å². The molecule has 1 unspecified atom stereocenters. The van der Waals surface area contributed by atoms with Gasteiger partial charge in [0.1, 0.15) is 6.10 Å². The second-order valence-electron chi connectivity index (χ2n) is 5.34. The van der Waals surface area contributed by atoms with Crippen molar-refractivity contribution in [2.24, 2.45) is 5.92 Å². The quantitative estimate of drug-likeness (QED) is 0.818. The molecule has 0 bridgehead atoms. The number of amides is 1. The van der Waals surface area contributed by atoms with Crippen LogP contribution in [0.1, 0.15) is 33.6 Å². The Hall–Kier alpha value is -2.03. The number of carbonyl (C=O) groups is 1. The van der Waals surface area contributed by atoms with Crippen LogP contribution in [0.15, 0.2) is 42.5 Å². The molecule has 0 radical (unpaired) electrons. The van der Waals surface area contributed by atoms with Crippen molar-refractivity contribution in [1.29, 1.82) is 0 Å². The van der Waals surface area contributed by atoms with Gasteiger partial charge in [-0.05, 0) is 37.1 Å². The number of ether oxygens (including phenoxy) is 1. The first-order valence-corrected chi connectivity index (χ1v) is 7.61. The van der Waals surface area contributed by atoms with E-state index >= 15 is 0 Å². The van der Waals surface area contributed by atoms with Crippen molar-refractivity contribution in [1.82, 2.24) is 0 Å². The standard InChI is InChI=1S/C18H23NO2/c1-4-14(5-2)13(3)21-18(20)19-17-12-8-10-15-9-6-7-11-16(15)17/h6-14H,4-5H2,1-3H3,(H,19,20). The van der Waals surface area contributed by atoms with E-state index in [1.54, 1.807) is 0 Å². The van der Waals surface area contributed by atoms with Crippen LogP contribution in [0.25, 0.3) is 10.8 Å². The van der Waals surface area contributed by atoms with Crippen molar-refractivity contribution in [3.05, 3.63) is 42.5 Å². The van der Waals surface area contributed by atoms with E-state index in [0.29, 0.717) is 5.92 Å². The summed E-state index contributed by atoms with van der Waals surface area (Å²) in [5.74, 6) is 0.406. The van der Waals surface area contributed by atoms with Gasteiger partial charge in [-0.1, -0.05) is 50.2 Å². The number of hydrogen-bond donors (Lipinski definition) is 1. The maximum Gasteiger partial charge on any atom is 0.411 e. The lowest BCUT2D eigenvalue weighted by molar-refractivity contribution is 0.0805. The Labute approximate surface area is 126 Å². The Morgan fingerprint density at radius 2 is 1.76 bits per heavy atom. The molecule has 21 heavy (non-hydrogen) atoms. The monoisotopic (exact) mass is 285 g/mol. The fraction of sp³-hybridized carbons (Fsp3) is 0.389. The van der Waals surface area contributed by atoms with E-state index in [0.717, 1.165) is 29.3 Å². The molecule has 112 valence electrons. The van der Waals surface area contributed by atoms with Gasteiger partial charge >= 0.3 is 6.09 Å². The third kappa shape index (κ3) is 3.75. The lowest BCUT2D eigenvalue weighted by Gasteiger charge is -2.21. The van der Waals surface area contributed by atoms with Gasteiger partial charge in [0.2, 0.25) is 0 Å². The summed E-state index contributed by atoms with van der Waals surface area (Å²) in [4.78, 5) is 12.1. The average molecular weight is 285 g/mol. The van der Waals surface area contributed by atoms with Crippen LogP contribution in [0.5, 0.6) is 0 Å². The second kappa shape index (κ2) is 7.11. The molecular formula is C18H23NO2. The predicted molar refractivity (Wildman–Crippen MR) is 87.6 cm³/mol. The fourth-order valence-corrected chi connectivity index (χ4v) is 2.69. The molecule has 3 nitrogen and oxygen atoms in total. The van der Waals surface area contributed by atoms with Crippen LogP contribution in [0.4, 0.5) is 10.5 Å². The van der Waals surface area contributed by atoms with Crippen molar-refractivity contribution < 1.29 is 9.53 Å². The highest BCUT2D eigenvalue weighted by atomic mass is 16.6. The van der Waals surface area contributed by atoms with Gasteiger partial charge in [0, 0.05) is 5.39 Å². The van der Waals surface area contributed by atoms with Crippen LogP contribution in [0, 0.1) is 5.92 Å². The van der Waals surface area contributed by atoms with Gasteiger partial charge in [-0.15, -0.1) is 0 Å². The fourth-order valence-electron chi connectivity index (χ4n) is 2.69. The van der Waals surface area contributed by atoms with Crippen molar-refractivity contribution in [2.45, 2.75) is 39.7 Å². The molecule has 0 aromatic heterocycles. The number of benzene rings is 2. The number of fused-ring (bicyclic) bond motifs is 1. The molecule has 0 aliphatic rings. The van der Waals surface area contributed by atoms with Crippen molar-refractivity contribution in [3.8, 4) is 0 Å². The first-order valence-electron chi connectivity index (χ1n) is 7.61. The Morgan fingerprint density at radius 1 is 1.10 bits per heavy atom. The SMILES string of the molecule is CCC(CC)C(C)OC(=O)Nc1cccc2ccccc12. The molecule has 3 heteroatoms. The first kappa shape index (κ1) is 15.4. The third-order valence-electron chi connectivity index (χ3n) is 4.03. The zero-order chi connectivity index (χ0) is 15.2. The van der Waals surface area contributed by atoms with E-state index in [1.165, 1.54) is 0 Å². The Balaban J connectivity index is 2.08. The molecule has 2 aromatic carbocycles. The summed E-state index contributed by atoms with van der Waals surface area (Å²) in [6.45, 7) is 6.20. The van der Waals surface area contributed by atoms with Crippen molar-refractivity contribution in [2.75, 3.05) is 5.32 Å². The summed E-state index contributed by atoms with van der Waals surface area (Å²) in [6, 6.07) is 13.8. The highest BCUT2D eigenvalue weighted by Gasteiger charge is 2.18. The van der Waals surface area contributed by atoms with Gasteiger partial charge in [0.15, 0.2) is 0 Å². The van der Waals surface area contributed by atoms with Gasteiger partial charge in [0.05, 0.1) is 5.69 Å². The van der Waals surface area contributed by atoms with Gasteiger partial charge in [-0.2, -0.15) is 0 Å². The molecule has 0 heterocycles. The Bertz CT molecular complexity index is 600. The topological polar surface area (TPSA) is 38.3 Å². The van der Waals surface area contributed by atoms with Crippen LogP contribution in [0.2, 0.25) is 0 Å². The molecule has 2 rings (SSSR count). The largest absolute Gasteiger partial charge is 0.446 e. The number of rotatable bonds is 5. The van der Waals surface area contributed by atoms with E-state index in [9.17, 15) is 4.79 Å². The van der Waals surface area contributed by atoms with Crippen LogP contribution >= 0.6 is 0 Å². The maximum atomic E-state index is 12.1. The minimum absolute atomic E-state index is 0.0741. The number of carbonyl (C=O) groups excluding carboxylic acids is 1. The summed E-state index contributed by atoms with van der Waals surface area (Å²) in [7, 11) is 0. The lowest BCUT2D eigenvalue weighted by Crippen LogP contribution is -2.26. The minimum Gasteiger partial charge on any atom is -0.446 e. The van der Waals surface area contributed by atoms with E-state index in [-0.39, 0.29) is 12.2 Å². The zero-order valence-electron chi connectivity index (χ0n) is 12.9. The molecule has 0 saturated carbocycles. The summed E-state index contributed by atoms with van der Waals surface area (Å²) in [6.07, 6.45) is 1.57. The molecule has 0 fully saturated rings. The van der Waals surface area contributed by atoms with Crippen LogP contribution < -0.4 is 5.32 Å². The molecule has 2 aromatic rings. The van der Waals surface area contributed by atoms with Gasteiger partial charge < -0.3 is 4.74 Å². The van der Waals surface area contributed by atoms with E-state index in [2.05, 4.69) is 19.2 Å². The first-order chi connectivity index (χ1) is 10.2. The maximum absolute atomic E-state index is 12.1. The van der Waals surface area contributed by atoms with E-state index in [1.807, 2.05) is 49.4 Å². The minimum atomic E-state index is -0.384. The summed E-state index contributed by atoms with van der Waals surface area (Å²) in [5, 5.41) is 4.98. The van der Waals surface area contributed by atoms with Gasteiger partial charge in [-0.3, -0.25) is 5.32 Å². The Morgan fingerprint density at radius 3 is 2.48 bits per heavy atom. The Kier molecular flexibility index (Phi) is 5.20. The second-order valence-corrected chi connectivity index (χ2v) is 5.34. The van der Waals surface area contributed by atoms with E-state index in [4.69, 9.17) is 4.74 Å².